The van der Waals surface area contributed by atoms with Gasteiger partial charge in [0.2, 0.25) is 0 Å². The minimum Gasteiger partial charge on any atom is -0.396 e. The van der Waals surface area contributed by atoms with E-state index in [4.69, 9.17) is 16.7 Å². The van der Waals surface area contributed by atoms with E-state index in [1.165, 1.54) is 0 Å². The van der Waals surface area contributed by atoms with Gasteiger partial charge in [-0.2, -0.15) is 0 Å². The molecule has 7 heteroatoms. The molecule has 0 atom stereocenters. The average Bonchev–Trinajstić information content (AvgIpc) is 2.58. The molecule has 3 rings (SSSR count). The van der Waals surface area contributed by atoms with Crippen LogP contribution in [0.15, 0.2) is 36.5 Å². The number of aliphatic hydroxyl groups excluding tert-OH is 1. The number of hydrogen-bond acceptors (Lipinski definition) is 6. The predicted molar refractivity (Wildman–Crippen MR) is 85.8 cm³/mol. The molecular weight excluding hydrogens is 302 g/mol. The van der Waals surface area contributed by atoms with Crippen LogP contribution in [0.1, 0.15) is 6.42 Å². The Morgan fingerprint density at radius 1 is 1.14 bits per heavy atom. The molecule has 2 N–H and O–H groups in total. The van der Waals surface area contributed by atoms with Gasteiger partial charge >= 0.3 is 0 Å². The lowest BCUT2D eigenvalue weighted by Gasteiger charge is -2.08. The van der Waals surface area contributed by atoms with Gasteiger partial charge in [0, 0.05) is 24.9 Å². The molecule has 0 saturated carbocycles. The minimum atomic E-state index is 0.107. The van der Waals surface area contributed by atoms with Gasteiger partial charge in [0.15, 0.2) is 16.8 Å². The summed E-state index contributed by atoms with van der Waals surface area (Å²) in [6.45, 7) is 0.683. The van der Waals surface area contributed by atoms with Gasteiger partial charge in [0.05, 0.1) is 5.39 Å². The molecule has 2 aromatic heterocycles. The summed E-state index contributed by atoms with van der Waals surface area (Å²) in [5.41, 5.74) is 1.53. The van der Waals surface area contributed by atoms with E-state index in [-0.39, 0.29) is 11.8 Å². The number of fused-ring (bicyclic) bond motifs is 1. The Morgan fingerprint density at radius 2 is 1.95 bits per heavy atom. The lowest BCUT2D eigenvalue weighted by molar-refractivity contribution is 0.292. The zero-order valence-corrected chi connectivity index (χ0v) is 12.5. The van der Waals surface area contributed by atoms with Crippen LogP contribution in [0.2, 0.25) is 5.15 Å². The number of anilines is 1. The molecule has 0 bridgehead atoms. The van der Waals surface area contributed by atoms with Crippen molar-refractivity contribution in [3.8, 4) is 11.4 Å². The third kappa shape index (κ3) is 2.98. The first-order valence-electron chi connectivity index (χ1n) is 6.88. The van der Waals surface area contributed by atoms with E-state index in [0.29, 0.717) is 35.5 Å². The molecule has 3 aromatic rings. The van der Waals surface area contributed by atoms with Crippen molar-refractivity contribution in [2.24, 2.45) is 0 Å². The maximum absolute atomic E-state index is 8.87. The molecule has 0 aliphatic rings. The second-order valence-electron chi connectivity index (χ2n) is 4.67. The summed E-state index contributed by atoms with van der Waals surface area (Å²) in [6, 6.07) is 9.68. The van der Waals surface area contributed by atoms with Crippen molar-refractivity contribution in [3.05, 3.63) is 41.7 Å². The van der Waals surface area contributed by atoms with Gasteiger partial charge in [-0.3, -0.25) is 0 Å². The summed E-state index contributed by atoms with van der Waals surface area (Å²) >= 11 is 6.07. The molecule has 0 amide bonds. The number of nitrogens with one attached hydrogen (secondary N) is 1. The zero-order valence-electron chi connectivity index (χ0n) is 11.7. The van der Waals surface area contributed by atoms with Crippen molar-refractivity contribution < 1.29 is 5.11 Å². The first kappa shape index (κ1) is 14.6. The number of hydrogen-bond donors (Lipinski definition) is 2. The van der Waals surface area contributed by atoms with Crippen LogP contribution in [0.4, 0.5) is 5.82 Å². The number of rotatable bonds is 5. The number of nitrogens with zero attached hydrogens (tertiary/aromatic N) is 4. The van der Waals surface area contributed by atoms with Crippen LogP contribution in [0.3, 0.4) is 0 Å². The predicted octanol–water partition coefficient (Wildman–Crippen LogP) is 2.53. The van der Waals surface area contributed by atoms with E-state index in [1.807, 2.05) is 30.3 Å². The molecular formula is C15H14ClN5O. The fourth-order valence-electron chi connectivity index (χ4n) is 2.04. The molecule has 0 unspecified atom stereocenters. The van der Waals surface area contributed by atoms with E-state index < -0.39 is 0 Å². The SMILES string of the molecule is OCCCNc1nnc(Cl)c2cnc(-c3ccccc3)nc12. The third-order valence-electron chi connectivity index (χ3n) is 3.13. The number of aromatic nitrogens is 4. The van der Waals surface area contributed by atoms with Crippen LogP contribution >= 0.6 is 11.6 Å². The molecule has 6 nitrogen and oxygen atoms in total. The Kier molecular flexibility index (Phi) is 4.41. The van der Waals surface area contributed by atoms with Crippen LogP contribution in [-0.2, 0) is 0 Å². The minimum absolute atomic E-state index is 0.107. The monoisotopic (exact) mass is 315 g/mol. The fourth-order valence-corrected chi connectivity index (χ4v) is 2.22. The Balaban J connectivity index is 2.06. The Bertz CT molecular complexity index is 781. The van der Waals surface area contributed by atoms with Gasteiger partial charge < -0.3 is 10.4 Å². The molecule has 0 radical (unpaired) electrons. The van der Waals surface area contributed by atoms with Crippen molar-refractivity contribution in [2.45, 2.75) is 6.42 Å². The molecule has 2 heterocycles. The molecule has 22 heavy (non-hydrogen) atoms. The average molecular weight is 316 g/mol. The molecule has 0 spiro atoms. The van der Waals surface area contributed by atoms with Crippen LogP contribution in [-0.4, -0.2) is 38.4 Å². The Labute approximate surface area is 132 Å². The van der Waals surface area contributed by atoms with Crippen LogP contribution in [0.25, 0.3) is 22.3 Å². The summed E-state index contributed by atoms with van der Waals surface area (Å²) in [6.07, 6.45) is 2.27. The van der Waals surface area contributed by atoms with Crippen molar-refractivity contribution in [2.75, 3.05) is 18.5 Å². The van der Waals surface area contributed by atoms with E-state index in [9.17, 15) is 0 Å². The summed E-state index contributed by atoms with van der Waals surface area (Å²) in [5.74, 6) is 1.13. The van der Waals surface area contributed by atoms with Crippen molar-refractivity contribution in [1.29, 1.82) is 0 Å². The highest BCUT2D eigenvalue weighted by molar-refractivity contribution is 6.34. The maximum Gasteiger partial charge on any atom is 0.175 e. The molecule has 1 aromatic carbocycles. The first-order chi connectivity index (χ1) is 10.8. The van der Waals surface area contributed by atoms with Gasteiger partial charge in [-0.1, -0.05) is 41.9 Å². The number of halogens is 1. The van der Waals surface area contributed by atoms with Gasteiger partial charge in [-0.05, 0) is 6.42 Å². The topological polar surface area (TPSA) is 83.8 Å². The molecule has 0 aliphatic heterocycles. The Hall–Kier alpha value is -2.31. The zero-order chi connectivity index (χ0) is 15.4. The highest BCUT2D eigenvalue weighted by Gasteiger charge is 2.12. The highest BCUT2D eigenvalue weighted by Crippen LogP contribution is 2.26. The molecule has 0 fully saturated rings. The van der Waals surface area contributed by atoms with E-state index >= 15 is 0 Å². The van der Waals surface area contributed by atoms with Crippen LogP contribution < -0.4 is 5.32 Å². The van der Waals surface area contributed by atoms with Crippen molar-refractivity contribution >= 4 is 28.3 Å². The molecule has 0 aliphatic carbocycles. The van der Waals surface area contributed by atoms with E-state index in [2.05, 4.69) is 25.5 Å². The van der Waals surface area contributed by atoms with Crippen LogP contribution in [0.5, 0.6) is 0 Å². The summed E-state index contributed by atoms with van der Waals surface area (Å²) in [7, 11) is 0. The number of benzene rings is 1. The van der Waals surface area contributed by atoms with E-state index in [1.54, 1.807) is 6.20 Å². The van der Waals surface area contributed by atoms with E-state index in [0.717, 1.165) is 5.56 Å². The lowest BCUT2D eigenvalue weighted by atomic mass is 10.2. The Morgan fingerprint density at radius 3 is 2.73 bits per heavy atom. The summed E-state index contributed by atoms with van der Waals surface area (Å²) in [4.78, 5) is 8.91. The second kappa shape index (κ2) is 6.64. The maximum atomic E-state index is 8.87. The quantitative estimate of drug-likeness (QED) is 0.704. The smallest absolute Gasteiger partial charge is 0.175 e. The lowest BCUT2D eigenvalue weighted by Crippen LogP contribution is -2.07. The van der Waals surface area contributed by atoms with Gasteiger partial charge in [0.1, 0.15) is 5.52 Å². The largest absolute Gasteiger partial charge is 0.396 e. The van der Waals surface area contributed by atoms with Gasteiger partial charge in [-0.15, -0.1) is 10.2 Å². The van der Waals surface area contributed by atoms with Crippen LogP contribution in [0, 0.1) is 0 Å². The highest BCUT2D eigenvalue weighted by atomic mass is 35.5. The van der Waals surface area contributed by atoms with Crippen molar-refractivity contribution in [3.63, 3.8) is 0 Å². The third-order valence-corrected chi connectivity index (χ3v) is 3.41. The first-order valence-corrected chi connectivity index (χ1v) is 7.26. The summed E-state index contributed by atoms with van der Waals surface area (Å²) in [5, 5.41) is 20.8. The number of aliphatic hydroxyl groups is 1. The standard InChI is InChI=1S/C15H14ClN5O/c16-13-11-9-18-14(10-5-2-1-3-6-10)19-12(11)15(21-20-13)17-7-4-8-22/h1-3,5-6,9,22H,4,7-8H2,(H,17,21). The van der Waals surface area contributed by atoms with Gasteiger partial charge in [-0.25, -0.2) is 9.97 Å². The summed E-state index contributed by atoms with van der Waals surface area (Å²) < 4.78 is 0. The fraction of sp³-hybridized carbons (Fsp3) is 0.200. The van der Waals surface area contributed by atoms with Crippen molar-refractivity contribution in [1.82, 2.24) is 20.2 Å². The molecule has 112 valence electrons. The molecule has 0 saturated heterocycles. The van der Waals surface area contributed by atoms with Gasteiger partial charge in [0.25, 0.3) is 0 Å². The second-order valence-corrected chi connectivity index (χ2v) is 5.02. The normalized spacial score (nSPS) is 10.8.